The summed E-state index contributed by atoms with van der Waals surface area (Å²) in [6.45, 7) is 0.843. The summed E-state index contributed by atoms with van der Waals surface area (Å²) in [6, 6.07) is 21.7. The number of anilines is 1. The van der Waals surface area contributed by atoms with Gasteiger partial charge >= 0.3 is 6.09 Å². The Bertz CT molecular complexity index is 1730. The first kappa shape index (κ1) is 26.5. The van der Waals surface area contributed by atoms with Crippen LogP contribution in [0.3, 0.4) is 0 Å². The van der Waals surface area contributed by atoms with Gasteiger partial charge in [-0.1, -0.05) is 36.4 Å². The van der Waals surface area contributed by atoms with Crippen LogP contribution in [-0.4, -0.2) is 69.3 Å². The molecule has 0 spiro atoms. The van der Waals surface area contributed by atoms with Gasteiger partial charge in [-0.25, -0.2) is 14.8 Å². The molecule has 11 nitrogen and oxygen atoms in total. The van der Waals surface area contributed by atoms with Gasteiger partial charge in [0.15, 0.2) is 11.5 Å². The molecule has 1 saturated heterocycles. The number of rotatable bonds is 6. The van der Waals surface area contributed by atoms with Gasteiger partial charge < -0.3 is 25.0 Å². The van der Waals surface area contributed by atoms with Gasteiger partial charge in [0.25, 0.3) is 0 Å². The molecule has 3 aromatic carbocycles. The number of halogens is 1. The molecule has 208 valence electrons. The van der Waals surface area contributed by atoms with Gasteiger partial charge in [-0.05, 0) is 57.9 Å². The van der Waals surface area contributed by atoms with Gasteiger partial charge in [0.1, 0.15) is 18.4 Å². The molecule has 41 heavy (non-hydrogen) atoms. The van der Waals surface area contributed by atoms with Gasteiger partial charge in [0, 0.05) is 23.1 Å². The molecule has 1 aliphatic rings. The molecule has 1 atom stereocenters. The van der Waals surface area contributed by atoms with Gasteiger partial charge in [-0.2, -0.15) is 4.52 Å². The zero-order valence-electron chi connectivity index (χ0n) is 22.1. The highest BCUT2D eigenvalue weighted by atomic mass is 79.9. The summed E-state index contributed by atoms with van der Waals surface area (Å²) in [4.78, 5) is 37.1. The molecule has 0 aliphatic carbocycles. The van der Waals surface area contributed by atoms with Crippen molar-refractivity contribution < 1.29 is 19.1 Å². The maximum absolute atomic E-state index is 13.1. The van der Waals surface area contributed by atoms with Crippen LogP contribution in [0.2, 0.25) is 0 Å². The number of amides is 2. The van der Waals surface area contributed by atoms with Crippen LogP contribution in [0.15, 0.2) is 77.3 Å². The minimum atomic E-state index is -0.810. The lowest BCUT2D eigenvalue weighted by Crippen LogP contribution is -2.44. The SMILES string of the molecule is COc1ccc(-c2nc3c4c(Br)cccc4nc(NC4CN(C(=O)OCc5ccccc5)CCNC4=O)n3n2)cc1. The number of fused-ring (bicyclic) bond motifs is 3. The molecule has 2 N–H and O–H groups in total. The first-order valence-electron chi connectivity index (χ1n) is 13.0. The highest BCUT2D eigenvalue weighted by Gasteiger charge is 2.30. The average Bonchev–Trinajstić information content (AvgIpc) is 3.36. The molecule has 2 amide bonds. The molecule has 0 radical (unpaired) electrons. The number of hydrogen-bond donors (Lipinski definition) is 2. The van der Waals surface area contributed by atoms with Crippen molar-refractivity contribution in [3.05, 3.63) is 82.8 Å². The number of ether oxygens (including phenoxy) is 2. The molecule has 0 saturated carbocycles. The Hall–Kier alpha value is -4.71. The number of nitrogens with zero attached hydrogens (tertiary/aromatic N) is 5. The fourth-order valence-electron chi connectivity index (χ4n) is 4.64. The molecule has 12 heteroatoms. The van der Waals surface area contributed by atoms with Crippen molar-refractivity contribution in [2.75, 3.05) is 32.1 Å². The van der Waals surface area contributed by atoms with E-state index in [0.29, 0.717) is 36.0 Å². The predicted octanol–water partition coefficient (Wildman–Crippen LogP) is 4.26. The molecule has 2 aromatic heterocycles. The fourth-order valence-corrected chi connectivity index (χ4v) is 5.17. The second-order valence-electron chi connectivity index (χ2n) is 9.44. The van der Waals surface area contributed by atoms with Crippen LogP contribution in [-0.2, 0) is 16.1 Å². The Morgan fingerprint density at radius 1 is 1.07 bits per heavy atom. The van der Waals surface area contributed by atoms with E-state index in [0.717, 1.165) is 26.7 Å². The second-order valence-corrected chi connectivity index (χ2v) is 10.3. The van der Waals surface area contributed by atoms with Gasteiger partial charge in [0.2, 0.25) is 11.9 Å². The maximum Gasteiger partial charge on any atom is 0.410 e. The zero-order chi connectivity index (χ0) is 28.3. The molecule has 3 heterocycles. The smallest absolute Gasteiger partial charge is 0.410 e. The first-order valence-corrected chi connectivity index (χ1v) is 13.8. The van der Waals surface area contributed by atoms with Crippen LogP contribution in [0.25, 0.3) is 27.9 Å². The number of nitrogens with one attached hydrogen (secondary N) is 2. The van der Waals surface area contributed by atoms with E-state index in [1.807, 2.05) is 72.8 Å². The molecular formula is C29H26BrN7O4. The molecule has 0 bridgehead atoms. The standard InChI is InChI=1S/C29H26BrN7O4/c1-40-20-12-10-19(11-13-20)25-34-26-24-21(30)8-5-9-22(24)32-28(37(26)35-25)33-23-16-36(15-14-31-27(23)38)29(39)41-17-18-6-3-2-4-7-18/h2-13,23H,14-17H2,1H3,(H,31,38)(H,32,33). The van der Waals surface area contributed by atoms with Crippen molar-refractivity contribution in [2.45, 2.75) is 12.6 Å². The zero-order valence-corrected chi connectivity index (χ0v) is 23.7. The summed E-state index contributed by atoms with van der Waals surface area (Å²) >= 11 is 3.62. The quantitative estimate of drug-likeness (QED) is 0.290. The fraction of sp³-hybridized carbons (Fsp3) is 0.207. The van der Waals surface area contributed by atoms with Gasteiger partial charge in [0.05, 0.1) is 24.6 Å². The largest absolute Gasteiger partial charge is 0.497 e. The first-order chi connectivity index (χ1) is 20.0. The van der Waals surface area contributed by atoms with Crippen molar-refractivity contribution in [1.82, 2.24) is 29.8 Å². The second kappa shape index (κ2) is 11.4. The highest BCUT2D eigenvalue weighted by molar-refractivity contribution is 9.10. The number of benzene rings is 3. The lowest BCUT2D eigenvalue weighted by Gasteiger charge is -2.23. The van der Waals surface area contributed by atoms with Crippen molar-refractivity contribution in [2.24, 2.45) is 0 Å². The van der Waals surface area contributed by atoms with E-state index >= 15 is 0 Å². The van der Waals surface area contributed by atoms with Crippen LogP contribution in [0, 0.1) is 0 Å². The third kappa shape index (κ3) is 5.50. The Labute approximate surface area is 243 Å². The van der Waals surface area contributed by atoms with Crippen LogP contribution in [0.5, 0.6) is 5.75 Å². The number of carbonyl (C=O) groups is 2. The average molecular weight is 616 g/mol. The van der Waals surface area contributed by atoms with Crippen LogP contribution in [0.1, 0.15) is 5.56 Å². The Kier molecular flexibility index (Phi) is 7.38. The lowest BCUT2D eigenvalue weighted by atomic mass is 10.2. The van der Waals surface area contributed by atoms with Crippen molar-refractivity contribution in [3.63, 3.8) is 0 Å². The Balaban J connectivity index is 1.32. The molecule has 1 fully saturated rings. The summed E-state index contributed by atoms with van der Waals surface area (Å²) in [6.07, 6.45) is -0.500. The molecule has 1 aliphatic heterocycles. The van der Waals surface area contributed by atoms with E-state index in [1.54, 1.807) is 11.6 Å². The summed E-state index contributed by atoms with van der Waals surface area (Å²) in [5, 5.41) is 11.6. The minimum absolute atomic E-state index is 0.0825. The molecule has 1 unspecified atom stereocenters. The van der Waals surface area contributed by atoms with E-state index in [9.17, 15) is 9.59 Å². The topological polar surface area (TPSA) is 123 Å². The summed E-state index contributed by atoms with van der Waals surface area (Å²) in [5.74, 6) is 1.26. The Morgan fingerprint density at radius 2 is 1.88 bits per heavy atom. The normalized spacial score (nSPS) is 15.4. The van der Waals surface area contributed by atoms with Gasteiger partial charge in [-0.3, -0.25) is 4.79 Å². The van der Waals surface area contributed by atoms with E-state index in [4.69, 9.17) is 24.5 Å². The highest BCUT2D eigenvalue weighted by Crippen LogP contribution is 2.30. The summed E-state index contributed by atoms with van der Waals surface area (Å²) < 4.78 is 13.2. The third-order valence-electron chi connectivity index (χ3n) is 6.76. The monoisotopic (exact) mass is 615 g/mol. The van der Waals surface area contributed by atoms with Crippen molar-refractivity contribution in [1.29, 1.82) is 0 Å². The third-order valence-corrected chi connectivity index (χ3v) is 7.43. The van der Waals surface area contributed by atoms with Crippen LogP contribution in [0.4, 0.5) is 10.7 Å². The number of hydrogen-bond acceptors (Lipinski definition) is 8. The van der Waals surface area contributed by atoms with E-state index in [1.165, 1.54) is 4.90 Å². The van der Waals surface area contributed by atoms with E-state index in [2.05, 4.69) is 26.6 Å². The maximum atomic E-state index is 13.1. The number of methoxy groups -OCH3 is 1. The van der Waals surface area contributed by atoms with Crippen molar-refractivity contribution in [3.8, 4) is 17.1 Å². The molecular weight excluding hydrogens is 590 g/mol. The molecule has 6 rings (SSSR count). The van der Waals surface area contributed by atoms with Crippen LogP contribution < -0.4 is 15.4 Å². The van der Waals surface area contributed by atoms with E-state index < -0.39 is 12.1 Å². The number of carbonyl (C=O) groups excluding carboxylic acids is 2. The van der Waals surface area contributed by atoms with Crippen LogP contribution >= 0.6 is 15.9 Å². The predicted molar refractivity (Wildman–Crippen MR) is 157 cm³/mol. The summed E-state index contributed by atoms with van der Waals surface area (Å²) in [5.41, 5.74) is 2.90. The number of aromatic nitrogens is 4. The van der Waals surface area contributed by atoms with Crippen molar-refractivity contribution >= 4 is 50.4 Å². The Morgan fingerprint density at radius 3 is 2.66 bits per heavy atom. The lowest BCUT2D eigenvalue weighted by molar-refractivity contribution is -0.121. The van der Waals surface area contributed by atoms with Gasteiger partial charge in [-0.15, -0.1) is 5.10 Å². The minimum Gasteiger partial charge on any atom is -0.497 e. The summed E-state index contributed by atoms with van der Waals surface area (Å²) in [7, 11) is 1.61. The molecule has 5 aromatic rings. The van der Waals surface area contributed by atoms with E-state index in [-0.39, 0.29) is 19.1 Å².